The van der Waals surface area contributed by atoms with Gasteiger partial charge in [-0.2, -0.15) is 0 Å². The molecule has 0 aliphatic rings. The van der Waals surface area contributed by atoms with Gasteiger partial charge in [0, 0.05) is 21.3 Å². The Labute approximate surface area is 193 Å². The van der Waals surface area contributed by atoms with Crippen molar-refractivity contribution in [2.75, 3.05) is 0 Å². The first-order valence-corrected chi connectivity index (χ1v) is 12.4. The van der Waals surface area contributed by atoms with E-state index in [1.54, 1.807) is 0 Å². The van der Waals surface area contributed by atoms with E-state index in [2.05, 4.69) is 109 Å². The van der Waals surface area contributed by atoms with Gasteiger partial charge in [-0.1, -0.05) is 84.9 Å². The van der Waals surface area contributed by atoms with Crippen molar-refractivity contribution in [3.05, 3.63) is 131 Å². The Bertz CT molecular complexity index is 977. The van der Waals surface area contributed by atoms with Crippen LogP contribution in [0, 0.1) is 0 Å². The third kappa shape index (κ3) is 6.76. The van der Waals surface area contributed by atoms with E-state index in [9.17, 15) is 0 Å². The van der Waals surface area contributed by atoms with Crippen LogP contribution in [-0.4, -0.2) is 0 Å². The fraction of sp³-hybridized carbons (Fsp3) is 0.143. The molecule has 0 saturated carbocycles. The fourth-order valence-corrected chi connectivity index (χ4v) is 5.21. The average Bonchev–Trinajstić information content (AvgIpc) is 2.84. The van der Waals surface area contributed by atoms with Crippen molar-refractivity contribution in [3.63, 3.8) is 0 Å². The van der Waals surface area contributed by atoms with Crippen molar-refractivity contribution < 1.29 is 4.74 Å². The summed E-state index contributed by atoms with van der Waals surface area (Å²) >= 11 is 3.73. The number of hydrogen-bond donors (Lipinski definition) is 0. The van der Waals surface area contributed by atoms with E-state index in [4.69, 9.17) is 4.74 Å². The SMILES string of the molecule is c1ccc(SCc2ccccc2COCc2ccccc2CSc2ccccc2)cc1. The molecule has 1 nitrogen and oxygen atoms in total. The molecule has 0 atom stereocenters. The highest BCUT2D eigenvalue weighted by atomic mass is 32.2. The predicted octanol–water partition coefficient (Wildman–Crippen LogP) is 7.99. The zero-order valence-electron chi connectivity index (χ0n) is 17.4. The maximum Gasteiger partial charge on any atom is 0.0724 e. The second-order valence-electron chi connectivity index (χ2n) is 7.23. The third-order valence-electron chi connectivity index (χ3n) is 5.03. The molecule has 0 fully saturated rings. The Hall–Kier alpha value is -2.46. The van der Waals surface area contributed by atoms with Crippen LogP contribution in [0.2, 0.25) is 0 Å². The van der Waals surface area contributed by atoms with Crippen molar-refractivity contribution in [1.82, 2.24) is 0 Å². The molecule has 4 aromatic carbocycles. The zero-order chi connectivity index (χ0) is 21.1. The molecule has 0 radical (unpaired) electrons. The molecule has 0 unspecified atom stereocenters. The van der Waals surface area contributed by atoms with Crippen LogP contribution in [0.25, 0.3) is 0 Å². The first kappa shape index (κ1) is 21.8. The molecule has 31 heavy (non-hydrogen) atoms. The molecule has 0 amide bonds. The van der Waals surface area contributed by atoms with Crippen molar-refractivity contribution in [1.29, 1.82) is 0 Å². The lowest BCUT2D eigenvalue weighted by atomic mass is 10.1. The zero-order valence-corrected chi connectivity index (χ0v) is 19.1. The van der Waals surface area contributed by atoms with Crippen molar-refractivity contribution >= 4 is 23.5 Å². The third-order valence-corrected chi connectivity index (χ3v) is 7.15. The van der Waals surface area contributed by atoms with Gasteiger partial charge in [0.05, 0.1) is 13.2 Å². The number of ether oxygens (including phenoxy) is 1. The molecule has 3 heteroatoms. The maximum absolute atomic E-state index is 6.17. The van der Waals surface area contributed by atoms with E-state index < -0.39 is 0 Å². The van der Waals surface area contributed by atoms with E-state index in [0.717, 1.165) is 11.5 Å². The molecule has 4 aromatic rings. The van der Waals surface area contributed by atoms with Crippen LogP contribution in [0.4, 0.5) is 0 Å². The summed E-state index contributed by atoms with van der Waals surface area (Å²) < 4.78 is 6.17. The smallest absolute Gasteiger partial charge is 0.0724 e. The van der Waals surface area contributed by atoms with E-state index in [1.807, 2.05) is 23.5 Å². The van der Waals surface area contributed by atoms with Gasteiger partial charge in [-0.25, -0.2) is 0 Å². The maximum atomic E-state index is 6.17. The predicted molar refractivity (Wildman–Crippen MR) is 133 cm³/mol. The minimum Gasteiger partial charge on any atom is -0.372 e. The second-order valence-corrected chi connectivity index (χ2v) is 9.33. The molecule has 4 rings (SSSR count). The van der Waals surface area contributed by atoms with E-state index >= 15 is 0 Å². The van der Waals surface area contributed by atoms with Gasteiger partial charge in [-0.3, -0.25) is 0 Å². The second kappa shape index (κ2) is 11.8. The number of thioether (sulfide) groups is 2. The van der Waals surface area contributed by atoms with Crippen LogP contribution in [0.3, 0.4) is 0 Å². The molecule has 0 aliphatic heterocycles. The van der Waals surface area contributed by atoms with Crippen LogP contribution in [0.15, 0.2) is 119 Å². The van der Waals surface area contributed by atoms with Gasteiger partial charge in [-0.15, -0.1) is 23.5 Å². The fourth-order valence-electron chi connectivity index (χ4n) is 3.30. The Morgan fingerprint density at radius 3 is 1.19 bits per heavy atom. The summed E-state index contributed by atoms with van der Waals surface area (Å²) in [6.07, 6.45) is 0. The Morgan fingerprint density at radius 1 is 0.419 bits per heavy atom. The lowest BCUT2D eigenvalue weighted by Crippen LogP contribution is -2.00. The molecular weight excluding hydrogens is 416 g/mol. The molecule has 0 N–H and O–H groups in total. The van der Waals surface area contributed by atoms with E-state index in [1.165, 1.54) is 32.0 Å². The van der Waals surface area contributed by atoms with Crippen LogP contribution < -0.4 is 0 Å². The van der Waals surface area contributed by atoms with Gasteiger partial charge in [0.2, 0.25) is 0 Å². The van der Waals surface area contributed by atoms with E-state index in [-0.39, 0.29) is 0 Å². The highest BCUT2D eigenvalue weighted by Gasteiger charge is 2.06. The summed E-state index contributed by atoms with van der Waals surface area (Å²) in [6, 6.07) is 38.3. The number of benzene rings is 4. The summed E-state index contributed by atoms with van der Waals surface area (Å²) in [4.78, 5) is 2.59. The van der Waals surface area contributed by atoms with Gasteiger partial charge >= 0.3 is 0 Å². The van der Waals surface area contributed by atoms with Gasteiger partial charge in [0.15, 0.2) is 0 Å². The summed E-state index contributed by atoms with van der Waals surface area (Å²) in [7, 11) is 0. The van der Waals surface area contributed by atoms with Crippen LogP contribution >= 0.6 is 23.5 Å². The molecule has 0 spiro atoms. The normalized spacial score (nSPS) is 10.8. The molecule has 0 aliphatic carbocycles. The first-order valence-electron chi connectivity index (χ1n) is 10.5. The van der Waals surface area contributed by atoms with Crippen molar-refractivity contribution in [2.45, 2.75) is 34.5 Å². The first-order chi connectivity index (χ1) is 15.4. The highest BCUT2D eigenvalue weighted by molar-refractivity contribution is 7.98. The van der Waals surface area contributed by atoms with Gasteiger partial charge in [0.25, 0.3) is 0 Å². The molecule has 0 saturated heterocycles. The van der Waals surface area contributed by atoms with Crippen molar-refractivity contribution in [3.8, 4) is 0 Å². The van der Waals surface area contributed by atoms with Crippen LogP contribution in [0.1, 0.15) is 22.3 Å². The standard InChI is InChI=1S/C28H26OS2/c1-3-15-27(16-4-1)30-21-25-13-9-7-11-23(25)19-29-20-24-12-8-10-14-26(24)22-31-28-17-5-2-6-18-28/h1-18H,19-22H2. The topological polar surface area (TPSA) is 9.23 Å². The molecule has 156 valence electrons. The number of rotatable bonds is 10. The Kier molecular flexibility index (Phi) is 8.29. The minimum absolute atomic E-state index is 0.631. The Morgan fingerprint density at radius 2 is 0.774 bits per heavy atom. The average molecular weight is 443 g/mol. The summed E-state index contributed by atoms with van der Waals surface area (Å²) in [5, 5.41) is 0. The Balaban J connectivity index is 1.33. The van der Waals surface area contributed by atoms with E-state index in [0.29, 0.717) is 13.2 Å². The largest absolute Gasteiger partial charge is 0.372 e. The van der Waals surface area contributed by atoms with Crippen LogP contribution in [0.5, 0.6) is 0 Å². The van der Waals surface area contributed by atoms with Crippen molar-refractivity contribution in [2.24, 2.45) is 0 Å². The van der Waals surface area contributed by atoms with Gasteiger partial charge in [0.1, 0.15) is 0 Å². The molecule has 0 heterocycles. The minimum atomic E-state index is 0.631. The lowest BCUT2D eigenvalue weighted by molar-refractivity contribution is 0.106. The summed E-state index contributed by atoms with van der Waals surface area (Å²) in [6.45, 7) is 1.26. The summed E-state index contributed by atoms with van der Waals surface area (Å²) in [5.74, 6) is 1.90. The molecular formula is C28H26OS2. The highest BCUT2D eigenvalue weighted by Crippen LogP contribution is 2.26. The summed E-state index contributed by atoms with van der Waals surface area (Å²) in [5.41, 5.74) is 5.21. The quantitative estimate of drug-likeness (QED) is 0.230. The monoisotopic (exact) mass is 442 g/mol. The number of hydrogen-bond acceptors (Lipinski definition) is 3. The lowest BCUT2D eigenvalue weighted by Gasteiger charge is -2.12. The molecule has 0 aromatic heterocycles. The molecule has 0 bridgehead atoms. The van der Waals surface area contributed by atoms with Crippen LogP contribution in [-0.2, 0) is 29.5 Å². The van der Waals surface area contributed by atoms with Gasteiger partial charge in [-0.05, 0) is 46.5 Å². The van der Waals surface area contributed by atoms with Gasteiger partial charge < -0.3 is 4.74 Å².